The number of thioether (sulfide) groups is 1. The fraction of sp³-hybridized carbons (Fsp3) is 0.300. The lowest BCUT2D eigenvalue weighted by Crippen LogP contribution is -2.44. The van der Waals surface area contributed by atoms with Crippen molar-refractivity contribution < 1.29 is 9.59 Å². The maximum atomic E-state index is 12.6. The molecule has 0 unspecified atom stereocenters. The Hall–Kier alpha value is -3.40. The van der Waals surface area contributed by atoms with Gasteiger partial charge in [-0.25, -0.2) is 4.98 Å². The highest BCUT2D eigenvalue weighted by molar-refractivity contribution is 8.01. The molecular formula is C30H33N5O2S2. The molecule has 0 saturated carbocycles. The van der Waals surface area contributed by atoms with Crippen LogP contribution in [-0.2, 0) is 11.3 Å². The summed E-state index contributed by atoms with van der Waals surface area (Å²) in [6.45, 7) is 7.26. The number of anilines is 1. The normalized spacial score (nSPS) is 14.3. The number of aryl methyl sites for hydroxylation is 2. The summed E-state index contributed by atoms with van der Waals surface area (Å²) < 4.78 is 0.851. The lowest BCUT2D eigenvalue weighted by molar-refractivity contribution is -0.119. The van der Waals surface area contributed by atoms with Gasteiger partial charge < -0.3 is 15.6 Å². The Morgan fingerprint density at radius 1 is 1.08 bits per heavy atom. The summed E-state index contributed by atoms with van der Waals surface area (Å²) in [7, 11) is 0. The van der Waals surface area contributed by atoms with Crippen molar-refractivity contribution in [1.29, 1.82) is 0 Å². The van der Waals surface area contributed by atoms with Crippen molar-refractivity contribution in [2.24, 2.45) is 0 Å². The number of hydrogen-bond acceptors (Lipinski definition) is 6. The van der Waals surface area contributed by atoms with Crippen molar-refractivity contribution in [3.05, 3.63) is 88.6 Å². The van der Waals surface area contributed by atoms with E-state index in [1.54, 1.807) is 18.3 Å². The van der Waals surface area contributed by atoms with E-state index >= 15 is 0 Å². The summed E-state index contributed by atoms with van der Waals surface area (Å²) in [4.78, 5) is 35.1. The number of carbonyl (C=O) groups is 2. The average molecular weight is 560 g/mol. The Balaban J connectivity index is 1.06. The number of benzene rings is 2. The highest BCUT2D eigenvalue weighted by Crippen LogP contribution is 2.29. The number of hydrogen-bond donors (Lipinski definition) is 3. The minimum atomic E-state index is -0.190. The number of nitrogens with zero attached hydrogens (tertiary/aromatic N) is 2. The molecule has 0 bridgehead atoms. The Morgan fingerprint density at radius 3 is 2.69 bits per heavy atom. The Kier molecular flexibility index (Phi) is 8.81. The van der Waals surface area contributed by atoms with Gasteiger partial charge in [0, 0.05) is 48.5 Å². The topological polar surface area (TPSA) is 90.1 Å². The standard InChI is InChI=1S/C30H33N5O2S2/c1-20-8-9-22(15-21(20)2)17-35-13-10-24(11-14-35)32-28(36)19-39-30-34-27(18-38-30)23-5-3-6-25(16-23)33-29(37)26-7-4-12-31-26/h3-9,12,15-16,18,24,31H,10-11,13-14,17,19H2,1-2H3,(H,32,36)(H,33,37). The van der Waals surface area contributed by atoms with Crippen molar-refractivity contribution in [1.82, 2.24) is 20.2 Å². The lowest BCUT2D eigenvalue weighted by Gasteiger charge is -2.32. The van der Waals surface area contributed by atoms with Crippen molar-refractivity contribution in [2.75, 3.05) is 24.2 Å². The predicted molar refractivity (Wildman–Crippen MR) is 159 cm³/mol. The van der Waals surface area contributed by atoms with E-state index in [0.717, 1.165) is 48.1 Å². The summed E-state index contributed by atoms with van der Waals surface area (Å²) in [5, 5.41) is 8.10. The zero-order chi connectivity index (χ0) is 27.2. The van der Waals surface area contributed by atoms with Crippen LogP contribution in [0, 0.1) is 13.8 Å². The molecule has 0 atom stereocenters. The number of rotatable bonds is 9. The molecule has 0 aliphatic carbocycles. The first-order valence-electron chi connectivity index (χ1n) is 13.1. The van der Waals surface area contributed by atoms with Gasteiger partial charge in [0.2, 0.25) is 5.91 Å². The molecule has 3 N–H and O–H groups in total. The second-order valence-electron chi connectivity index (χ2n) is 9.94. The summed E-state index contributed by atoms with van der Waals surface area (Å²) in [5.41, 5.74) is 6.98. The molecule has 0 spiro atoms. The summed E-state index contributed by atoms with van der Waals surface area (Å²) in [5.74, 6) is 0.213. The number of likely N-dealkylation sites (tertiary alicyclic amines) is 1. The quantitative estimate of drug-likeness (QED) is 0.223. The van der Waals surface area contributed by atoms with Gasteiger partial charge >= 0.3 is 0 Å². The Morgan fingerprint density at radius 2 is 1.92 bits per heavy atom. The number of H-pyrrole nitrogens is 1. The third-order valence-electron chi connectivity index (χ3n) is 7.00. The number of aromatic amines is 1. The molecule has 3 heterocycles. The van der Waals surface area contributed by atoms with E-state index in [1.807, 2.05) is 29.6 Å². The fourth-order valence-electron chi connectivity index (χ4n) is 4.67. The smallest absolute Gasteiger partial charge is 0.272 e. The molecule has 1 saturated heterocycles. The largest absolute Gasteiger partial charge is 0.357 e. The molecule has 2 aromatic heterocycles. The van der Waals surface area contributed by atoms with Crippen LogP contribution in [0.4, 0.5) is 5.69 Å². The van der Waals surface area contributed by atoms with Crippen LogP contribution in [0.3, 0.4) is 0 Å². The first kappa shape index (κ1) is 27.2. The Bertz CT molecular complexity index is 1420. The van der Waals surface area contributed by atoms with Crippen molar-refractivity contribution in [2.45, 2.75) is 43.6 Å². The first-order valence-corrected chi connectivity index (χ1v) is 15.0. The van der Waals surface area contributed by atoms with Crippen LogP contribution in [0.2, 0.25) is 0 Å². The zero-order valence-corrected chi connectivity index (χ0v) is 23.8. The van der Waals surface area contributed by atoms with E-state index in [9.17, 15) is 9.59 Å². The van der Waals surface area contributed by atoms with Crippen LogP contribution in [0.1, 0.15) is 40.0 Å². The predicted octanol–water partition coefficient (Wildman–Crippen LogP) is 5.88. The van der Waals surface area contributed by atoms with Crippen LogP contribution in [0.15, 0.2) is 70.5 Å². The van der Waals surface area contributed by atoms with Gasteiger partial charge in [-0.1, -0.05) is 42.1 Å². The maximum absolute atomic E-state index is 12.6. The van der Waals surface area contributed by atoms with Gasteiger partial charge in [-0.15, -0.1) is 11.3 Å². The molecule has 1 aliphatic heterocycles. The lowest BCUT2D eigenvalue weighted by atomic mass is 10.0. The second kappa shape index (κ2) is 12.6. The highest BCUT2D eigenvalue weighted by atomic mass is 32.2. The molecule has 7 nitrogen and oxygen atoms in total. The van der Waals surface area contributed by atoms with Crippen LogP contribution in [0.25, 0.3) is 11.3 Å². The van der Waals surface area contributed by atoms with Gasteiger partial charge in [0.25, 0.3) is 5.91 Å². The molecule has 202 valence electrons. The van der Waals surface area contributed by atoms with E-state index in [2.05, 4.69) is 52.6 Å². The van der Waals surface area contributed by atoms with Crippen molar-refractivity contribution >= 4 is 40.6 Å². The molecule has 9 heteroatoms. The number of amides is 2. The van der Waals surface area contributed by atoms with Crippen LogP contribution in [-0.4, -0.2) is 51.6 Å². The average Bonchev–Trinajstić information content (AvgIpc) is 3.64. The summed E-state index contributed by atoms with van der Waals surface area (Å²) in [6.07, 6.45) is 3.66. The molecule has 1 aliphatic rings. The van der Waals surface area contributed by atoms with Gasteiger partial charge in [0.1, 0.15) is 5.69 Å². The van der Waals surface area contributed by atoms with E-state index in [1.165, 1.54) is 39.8 Å². The molecule has 2 amide bonds. The number of carbonyl (C=O) groups excluding carboxylic acids is 2. The molecule has 39 heavy (non-hydrogen) atoms. The molecular weight excluding hydrogens is 526 g/mol. The van der Waals surface area contributed by atoms with Crippen molar-refractivity contribution in [3.8, 4) is 11.3 Å². The number of piperidine rings is 1. The van der Waals surface area contributed by atoms with Gasteiger partial charge in [-0.2, -0.15) is 0 Å². The van der Waals surface area contributed by atoms with Gasteiger partial charge in [-0.3, -0.25) is 14.5 Å². The highest BCUT2D eigenvalue weighted by Gasteiger charge is 2.21. The van der Waals surface area contributed by atoms with E-state index in [-0.39, 0.29) is 17.9 Å². The monoisotopic (exact) mass is 559 g/mol. The van der Waals surface area contributed by atoms with Crippen LogP contribution in [0.5, 0.6) is 0 Å². The molecule has 4 aromatic rings. The second-order valence-corrected chi connectivity index (χ2v) is 12.0. The number of nitrogens with one attached hydrogen (secondary N) is 3. The van der Waals surface area contributed by atoms with E-state index in [0.29, 0.717) is 17.1 Å². The van der Waals surface area contributed by atoms with Crippen LogP contribution >= 0.6 is 23.1 Å². The minimum absolute atomic E-state index is 0.0541. The zero-order valence-electron chi connectivity index (χ0n) is 22.2. The molecule has 1 fully saturated rings. The fourth-order valence-corrected chi connectivity index (χ4v) is 6.32. The SMILES string of the molecule is Cc1ccc(CN2CCC(NC(=O)CSc3nc(-c4cccc(NC(=O)c5ccc[nH]5)c4)cs3)CC2)cc1C. The summed E-state index contributed by atoms with van der Waals surface area (Å²) >= 11 is 2.99. The molecule has 2 aromatic carbocycles. The maximum Gasteiger partial charge on any atom is 0.272 e. The number of aromatic nitrogens is 2. The van der Waals surface area contributed by atoms with Gasteiger partial charge in [0.15, 0.2) is 4.34 Å². The Labute approximate surface area is 237 Å². The van der Waals surface area contributed by atoms with Crippen LogP contribution < -0.4 is 10.6 Å². The summed E-state index contributed by atoms with van der Waals surface area (Å²) in [6, 6.07) is 18.1. The van der Waals surface area contributed by atoms with Crippen molar-refractivity contribution in [3.63, 3.8) is 0 Å². The third kappa shape index (κ3) is 7.38. The third-order valence-corrected chi connectivity index (χ3v) is 9.02. The van der Waals surface area contributed by atoms with Gasteiger partial charge in [-0.05, 0) is 67.6 Å². The van der Waals surface area contributed by atoms with E-state index in [4.69, 9.17) is 4.98 Å². The van der Waals surface area contributed by atoms with E-state index < -0.39 is 0 Å². The van der Waals surface area contributed by atoms with Gasteiger partial charge in [0.05, 0.1) is 11.4 Å². The first-order chi connectivity index (χ1) is 18.9. The number of thiazole rings is 1. The minimum Gasteiger partial charge on any atom is -0.357 e. The molecule has 0 radical (unpaired) electrons. The molecule has 5 rings (SSSR count).